The van der Waals surface area contributed by atoms with Crippen LogP contribution in [0.2, 0.25) is 0 Å². The molecular formula is C16H25N3O2S. The van der Waals surface area contributed by atoms with Gasteiger partial charge in [0.2, 0.25) is 5.91 Å². The summed E-state index contributed by atoms with van der Waals surface area (Å²) in [5, 5.41) is 4.78. The van der Waals surface area contributed by atoms with Gasteiger partial charge in [-0.05, 0) is 19.3 Å². The number of unbranched alkanes of at least 4 members (excludes halogenated alkanes) is 3. The molecule has 0 spiro atoms. The van der Waals surface area contributed by atoms with Crippen LogP contribution in [0.5, 0.6) is 0 Å². The van der Waals surface area contributed by atoms with Crippen molar-refractivity contribution in [1.82, 2.24) is 15.2 Å². The summed E-state index contributed by atoms with van der Waals surface area (Å²) < 4.78 is 0. The minimum atomic E-state index is -0.0810. The van der Waals surface area contributed by atoms with Gasteiger partial charge in [-0.25, -0.2) is 4.98 Å². The molecule has 0 radical (unpaired) electrons. The van der Waals surface area contributed by atoms with Crippen molar-refractivity contribution in [3.63, 3.8) is 0 Å². The van der Waals surface area contributed by atoms with Gasteiger partial charge in [0.25, 0.3) is 5.91 Å². The molecule has 2 heterocycles. The molecule has 1 fully saturated rings. The van der Waals surface area contributed by atoms with E-state index in [0.29, 0.717) is 12.2 Å². The summed E-state index contributed by atoms with van der Waals surface area (Å²) in [6.45, 7) is 4.15. The maximum atomic E-state index is 12.3. The monoisotopic (exact) mass is 323 g/mol. The summed E-state index contributed by atoms with van der Waals surface area (Å²) in [7, 11) is 0. The van der Waals surface area contributed by atoms with Crippen molar-refractivity contribution >= 4 is 23.2 Å². The second kappa shape index (κ2) is 8.88. The minimum absolute atomic E-state index is 0.0540. The average Bonchev–Trinajstić information content (AvgIpc) is 3.08. The van der Waals surface area contributed by atoms with E-state index in [4.69, 9.17) is 0 Å². The van der Waals surface area contributed by atoms with E-state index in [-0.39, 0.29) is 17.7 Å². The number of carbonyl (C=O) groups excluding carboxylic acids is 2. The fraction of sp³-hybridized carbons (Fsp3) is 0.688. The number of nitrogens with zero attached hydrogens (tertiary/aromatic N) is 2. The quantitative estimate of drug-likeness (QED) is 0.785. The maximum absolute atomic E-state index is 12.3. The van der Waals surface area contributed by atoms with E-state index in [9.17, 15) is 9.59 Å². The van der Waals surface area contributed by atoms with Crippen LogP contribution in [0.3, 0.4) is 0 Å². The number of hydrogen-bond acceptors (Lipinski definition) is 4. The van der Waals surface area contributed by atoms with Crippen molar-refractivity contribution in [1.29, 1.82) is 0 Å². The number of piperidine rings is 1. The Labute approximate surface area is 136 Å². The Bertz CT molecular complexity index is 476. The van der Waals surface area contributed by atoms with Gasteiger partial charge in [-0.1, -0.05) is 26.2 Å². The Hall–Kier alpha value is -1.43. The highest BCUT2D eigenvalue weighted by Crippen LogP contribution is 2.19. The maximum Gasteiger partial charge on any atom is 0.273 e. The summed E-state index contributed by atoms with van der Waals surface area (Å²) in [6, 6.07) is 0. The molecule has 1 saturated heterocycles. The van der Waals surface area contributed by atoms with Crippen molar-refractivity contribution < 1.29 is 9.59 Å². The second-order valence-electron chi connectivity index (χ2n) is 5.82. The van der Waals surface area contributed by atoms with Crippen LogP contribution in [0.15, 0.2) is 10.9 Å². The summed E-state index contributed by atoms with van der Waals surface area (Å²) in [4.78, 5) is 30.4. The van der Waals surface area contributed by atoms with Gasteiger partial charge in [-0.3, -0.25) is 9.59 Å². The first kappa shape index (κ1) is 16.9. The van der Waals surface area contributed by atoms with E-state index in [0.717, 1.165) is 38.8 Å². The van der Waals surface area contributed by atoms with E-state index < -0.39 is 0 Å². The molecule has 0 bridgehead atoms. The fourth-order valence-electron chi connectivity index (χ4n) is 2.76. The van der Waals surface area contributed by atoms with Gasteiger partial charge in [-0.15, -0.1) is 11.3 Å². The summed E-state index contributed by atoms with van der Waals surface area (Å²) in [6.07, 6.45) is 6.36. The molecule has 1 N–H and O–H groups in total. The summed E-state index contributed by atoms with van der Waals surface area (Å²) in [5.74, 6) is -0.0449. The van der Waals surface area contributed by atoms with E-state index in [1.165, 1.54) is 24.2 Å². The molecule has 122 valence electrons. The third kappa shape index (κ3) is 4.80. The number of likely N-dealkylation sites (tertiary alicyclic amines) is 1. The van der Waals surface area contributed by atoms with Crippen molar-refractivity contribution in [2.24, 2.45) is 5.92 Å². The van der Waals surface area contributed by atoms with Crippen molar-refractivity contribution in [2.75, 3.05) is 19.6 Å². The number of nitrogens with one attached hydrogen (secondary N) is 1. The van der Waals surface area contributed by atoms with Crippen LogP contribution in [0.25, 0.3) is 0 Å². The van der Waals surface area contributed by atoms with Crippen LogP contribution in [0, 0.1) is 5.92 Å². The Kier molecular flexibility index (Phi) is 6.83. The van der Waals surface area contributed by atoms with Crippen LogP contribution in [-0.4, -0.2) is 41.3 Å². The summed E-state index contributed by atoms with van der Waals surface area (Å²) >= 11 is 1.42. The lowest BCUT2D eigenvalue weighted by molar-refractivity contribution is -0.126. The molecule has 0 saturated carbocycles. The normalized spacial score (nSPS) is 18.2. The molecule has 6 heteroatoms. The van der Waals surface area contributed by atoms with Crippen LogP contribution in [0.4, 0.5) is 0 Å². The number of carbonyl (C=O) groups is 2. The molecule has 2 rings (SSSR count). The van der Waals surface area contributed by atoms with Crippen LogP contribution in [0.1, 0.15) is 55.9 Å². The largest absolute Gasteiger partial charge is 0.356 e. The van der Waals surface area contributed by atoms with Crippen molar-refractivity contribution in [3.8, 4) is 0 Å². The molecule has 1 atom stereocenters. The highest BCUT2D eigenvalue weighted by molar-refractivity contribution is 7.07. The first-order chi connectivity index (χ1) is 10.7. The van der Waals surface area contributed by atoms with E-state index in [1.807, 2.05) is 0 Å². The highest BCUT2D eigenvalue weighted by atomic mass is 32.1. The van der Waals surface area contributed by atoms with Gasteiger partial charge in [0.15, 0.2) is 0 Å². The third-order valence-corrected chi connectivity index (χ3v) is 4.65. The van der Waals surface area contributed by atoms with Gasteiger partial charge >= 0.3 is 0 Å². The second-order valence-corrected chi connectivity index (χ2v) is 6.53. The van der Waals surface area contributed by atoms with Gasteiger partial charge in [0, 0.05) is 25.0 Å². The molecule has 5 nitrogen and oxygen atoms in total. The number of thiazole rings is 1. The fourth-order valence-corrected chi connectivity index (χ4v) is 3.29. The van der Waals surface area contributed by atoms with Crippen LogP contribution < -0.4 is 5.32 Å². The van der Waals surface area contributed by atoms with Crippen molar-refractivity contribution in [2.45, 2.75) is 45.4 Å². The third-order valence-electron chi connectivity index (χ3n) is 4.06. The molecule has 1 aromatic rings. The Morgan fingerprint density at radius 2 is 2.27 bits per heavy atom. The first-order valence-electron chi connectivity index (χ1n) is 8.17. The molecule has 0 aliphatic carbocycles. The van der Waals surface area contributed by atoms with Crippen LogP contribution >= 0.6 is 11.3 Å². The molecule has 0 aromatic carbocycles. The van der Waals surface area contributed by atoms with E-state index >= 15 is 0 Å². The van der Waals surface area contributed by atoms with Crippen molar-refractivity contribution in [3.05, 3.63) is 16.6 Å². The molecule has 1 aliphatic heterocycles. The highest BCUT2D eigenvalue weighted by Gasteiger charge is 2.29. The zero-order valence-electron chi connectivity index (χ0n) is 13.2. The Balaban J connectivity index is 1.77. The van der Waals surface area contributed by atoms with E-state index in [2.05, 4.69) is 17.2 Å². The lowest BCUT2D eigenvalue weighted by Crippen LogP contribution is -2.45. The zero-order valence-corrected chi connectivity index (χ0v) is 14.0. The molecule has 22 heavy (non-hydrogen) atoms. The topological polar surface area (TPSA) is 62.3 Å². The van der Waals surface area contributed by atoms with Gasteiger partial charge in [0.05, 0.1) is 11.4 Å². The Morgan fingerprint density at radius 3 is 3.00 bits per heavy atom. The first-order valence-corrected chi connectivity index (χ1v) is 9.11. The smallest absolute Gasteiger partial charge is 0.273 e. The lowest BCUT2D eigenvalue weighted by Gasteiger charge is -2.31. The lowest BCUT2D eigenvalue weighted by atomic mass is 9.97. The minimum Gasteiger partial charge on any atom is -0.356 e. The summed E-state index contributed by atoms with van der Waals surface area (Å²) in [5.41, 5.74) is 2.16. The predicted octanol–water partition coefficient (Wildman–Crippen LogP) is 2.69. The number of rotatable bonds is 7. The SMILES string of the molecule is CCCCCCNC(=O)C1CCCN(C(=O)c2cscn2)C1. The Morgan fingerprint density at radius 1 is 1.41 bits per heavy atom. The standard InChI is InChI=1S/C16H25N3O2S/c1-2-3-4-5-8-17-15(20)13-7-6-9-19(10-13)16(21)14-11-22-12-18-14/h11-13H,2-10H2,1H3,(H,17,20). The molecule has 1 unspecified atom stereocenters. The molecule has 1 aliphatic rings. The van der Waals surface area contributed by atoms with Gasteiger partial charge in [0.1, 0.15) is 5.69 Å². The molecule has 1 aromatic heterocycles. The zero-order chi connectivity index (χ0) is 15.8. The number of amides is 2. The van der Waals surface area contributed by atoms with Crippen LogP contribution in [-0.2, 0) is 4.79 Å². The van der Waals surface area contributed by atoms with Gasteiger partial charge < -0.3 is 10.2 Å². The number of aromatic nitrogens is 1. The van der Waals surface area contributed by atoms with Gasteiger partial charge in [-0.2, -0.15) is 0 Å². The predicted molar refractivity (Wildman–Crippen MR) is 87.9 cm³/mol. The number of hydrogen-bond donors (Lipinski definition) is 1. The van der Waals surface area contributed by atoms with E-state index in [1.54, 1.807) is 15.8 Å². The average molecular weight is 323 g/mol. The molecular weight excluding hydrogens is 298 g/mol. The molecule has 2 amide bonds.